The summed E-state index contributed by atoms with van der Waals surface area (Å²) in [5.41, 5.74) is 4.52. The zero-order valence-corrected chi connectivity index (χ0v) is 40.0. The van der Waals surface area contributed by atoms with Gasteiger partial charge in [0.15, 0.2) is 34.0 Å². The SMILES string of the molecule is Cn1cnc(CCNc2nc(NC3CCC(Nc4nc(NCCc5cn(C)cn5)nc5c4ncn5[C@@H]4C[C@H](NC(=O)C5CCC5)[C@@H](O)[C@H]4O)CC3)c3ncn([C@H]4CC[C@@H](NC(=O)C5CCC5)C4)c3n2)c1. The number of amides is 2. The van der Waals surface area contributed by atoms with E-state index in [0.29, 0.717) is 60.6 Å². The first-order chi connectivity index (χ1) is 34.1. The van der Waals surface area contributed by atoms with Crippen LogP contribution in [0.25, 0.3) is 22.3 Å². The first-order valence-corrected chi connectivity index (χ1v) is 25.5. The molecule has 0 aromatic carbocycles. The van der Waals surface area contributed by atoms with Crippen molar-refractivity contribution in [3.63, 3.8) is 0 Å². The maximum atomic E-state index is 12.9. The van der Waals surface area contributed by atoms with E-state index in [0.717, 1.165) is 112 Å². The van der Waals surface area contributed by atoms with Gasteiger partial charge in [0, 0.05) is 88.4 Å². The number of hydrogen-bond donors (Lipinski definition) is 8. The molecule has 0 bridgehead atoms. The normalized spacial score (nSPS) is 26.0. The average Bonchev–Trinajstić information content (AvgIpc) is 4.18. The number of nitrogens with one attached hydrogen (secondary N) is 6. The third-order valence-electron chi connectivity index (χ3n) is 15.5. The van der Waals surface area contributed by atoms with Gasteiger partial charge in [-0.3, -0.25) is 9.59 Å². The van der Waals surface area contributed by atoms with Crippen molar-refractivity contribution < 1.29 is 19.8 Å². The summed E-state index contributed by atoms with van der Waals surface area (Å²) in [5.74, 6) is 2.49. The largest absolute Gasteiger partial charge is 0.388 e. The smallest absolute Gasteiger partial charge is 0.226 e. The highest BCUT2D eigenvalue weighted by atomic mass is 16.3. The van der Waals surface area contributed by atoms with E-state index in [2.05, 4.69) is 46.4 Å². The van der Waals surface area contributed by atoms with Gasteiger partial charge in [-0.05, 0) is 77.0 Å². The number of hydrogen-bond acceptors (Lipinski definition) is 16. The summed E-state index contributed by atoms with van der Waals surface area (Å²) in [6.07, 6.45) is 22.5. The van der Waals surface area contributed by atoms with Gasteiger partial charge in [0.25, 0.3) is 0 Å². The predicted octanol–water partition coefficient (Wildman–Crippen LogP) is 3.54. The number of imidazole rings is 4. The van der Waals surface area contributed by atoms with Crippen LogP contribution in [0, 0.1) is 11.8 Å². The Bertz CT molecular complexity index is 2800. The second kappa shape index (κ2) is 19.8. The van der Waals surface area contributed by atoms with E-state index >= 15 is 0 Å². The van der Waals surface area contributed by atoms with Crippen molar-refractivity contribution in [3.8, 4) is 0 Å². The molecule has 6 heterocycles. The lowest BCUT2D eigenvalue weighted by Gasteiger charge is -2.30. The highest BCUT2D eigenvalue weighted by Gasteiger charge is 2.45. The topological polar surface area (TPSA) is 270 Å². The van der Waals surface area contributed by atoms with Crippen LogP contribution in [0.15, 0.2) is 37.7 Å². The van der Waals surface area contributed by atoms with E-state index in [4.69, 9.17) is 29.9 Å². The molecule has 0 unspecified atom stereocenters. The predicted molar refractivity (Wildman–Crippen MR) is 262 cm³/mol. The molecule has 372 valence electrons. The Morgan fingerprint density at radius 1 is 0.586 bits per heavy atom. The van der Waals surface area contributed by atoms with Crippen molar-refractivity contribution in [3.05, 3.63) is 49.1 Å². The lowest BCUT2D eigenvalue weighted by Crippen LogP contribution is -2.46. The van der Waals surface area contributed by atoms with Crippen LogP contribution in [-0.2, 0) is 36.5 Å². The number of anilines is 4. The van der Waals surface area contributed by atoms with Gasteiger partial charge >= 0.3 is 0 Å². The van der Waals surface area contributed by atoms with Crippen LogP contribution in [0.5, 0.6) is 0 Å². The number of aryl methyl sites for hydroxylation is 2. The van der Waals surface area contributed by atoms with Crippen molar-refractivity contribution >= 4 is 57.7 Å². The summed E-state index contributed by atoms with van der Waals surface area (Å²) < 4.78 is 7.86. The zero-order valence-electron chi connectivity index (χ0n) is 40.0. The van der Waals surface area contributed by atoms with E-state index in [1.54, 1.807) is 19.0 Å². The van der Waals surface area contributed by atoms with Gasteiger partial charge in [0.05, 0.1) is 48.8 Å². The molecule has 6 atom stereocenters. The number of carbonyl (C=O) groups is 2. The molecule has 2 amide bonds. The maximum Gasteiger partial charge on any atom is 0.226 e. The van der Waals surface area contributed by atoms with Crippen LogP contribution < -0.4 is 31.9 Å². The quantitative estimate of drug-likeness (QED) is 0.0612. The molecule has 70 heavy (non-hydrogen) atoms. The Kier molecular flexibility index (Phi) is 13.0. The van der Waals surface area contributed by atoms with Crippen molar-refractivity contribution in [2.75, 3.05) is 34.4 Å². The van der Waals surface area contributed by atoms with Gasteiger partial charge in [-0.1, -0.05) is 12.8 Å². The number of aliphatic hydroxyl groups is 2. The molecule has 0 spiro atoms. The highest BCUT2D eigenvalue weighted by Crippen LogP contribution is 2.38. The molecule has 8 N–H and O–H groups in total. The van der Waals surface area contributed by atoms with Gasteiger partial charge in [0.2, 0.25) is 23.7 Å². The third kappa shape index (κ3) is 9.71. The van der Waals surface area contributed by atoms with Crippen LogP contribution in [0.2, 0.25) is 0 Å². The minimum Gasteiger partial charge on any atom is -0.388 e. The summed E-state index contributed by atoms with van der Waals surface area (Å²) in [7, 11) is 3.91. The molecule has 0 aliphatic heterocycles. The van der Waals surface area contributed by atoms with E-state index in [1.165, 1.54) is 0 Å². The fraction of sp³-hybridized carbons (Fsp3) is 0.625. The Morgan fingerprint density at radius 2 is 1.10 bits per heavy atom. The molecule has 22 nitrogen and oxygen atoms in total. The molecule has 0 saturated heterocycles. The molecule has 6 aromatic rings. The molecule has 5 fully saturated rings. The van der Waals surface area contributed by atoms with E-state index in [9.17, 15) is 19.8 Å². The lowest BCUT2D eigenvalue weighted by molar-refractivity contribution is -0.129. The number of rotatable bonds is 18. The van der Waals surface area contributed by atoms with Gasteiger partial charge in [-0.2, -0.15) is 19.9 Å². The fourth-order valence-electron chi connectivity index (χ4n) is 11.0. The summed E-state index contributed by atoms with van der Waals surface area (Å²) in [5, 5.41) is 43.2. The Balaban J connectivity index is 0.791. The van der Waals surface area contributed by atoms with Crippen LogP contribution in [0.4, 0.5) is 23.5 Å². The fourth-order valence-corrected chi connectivity index (χ4v) is 11.0. The number of carbonyl (C=O) groups excluding carboxylic acids is 2. The van der Waals surface area contributed by atoms with Gasteiger partial charge < -0.3 is 60.4 Å². The summed E-state index contributed by atoms with van der Waals surface area (Å²) in [4.78, 5) is 64.3. The summed E-state index contributed by atoms with van der Waals surface area (Å²) in [6, 6.07) is -0.636. The molecule has 5 aliphatic rings. The Hall–Kier alpha value is -6.42. The zero-order chi connectivity index (χ0) is 47.9. The molecular formula is C48H66N18O4. The van der Waals surface area contributed by atoms with Crippen LogP contribution in [0.1, 0.15) is 113 Å². The molecule has 11 rings (SSSR count). The minimum atomic E-state index is -1.13. The van der Waals surface area contributed by atoms with E-state index in [1.807, 2.05) is 46.5 Å². The van der Waals surface area contributed by atoms with Crippen molar-refractivity contribution in [1.82, 2.24) is 68.8 Å². The molecule has 0 radical (unpaired) electrons. The first-order valence-electron chi connectivity index (χ1n) is 25.5. The van der Waals surface area contributed by atoms with E-state index < -0.39 is 24.3 Å². The van der Waals surface area contributed by atoms with Crippen LogP contribution >= 0.6 is 0 Å². The van der Waals surface area contributed by atoms with Crippen molar-refractivity contribution in [1.29, 1.82) is 0 Å². The Morgan fingerprint density at radius 3 is 1.61 bits per heavy atom. The standard InChI is InChI=1S/C48H66N18O4/c1-63-21-32(51-23-63)15-17-49-47-59-41(37-43(61-47)65(25-53-37)34-14-13-31(19-34)57-45(69)27-5-3-6-27)55-29-9-11-30(12-10-29)56-42-38-44(62-48(60-42)50-18-16-33-22-64(2)24-52-33)66(26-54-38)36-20-35(39(67)40(36)68)58-46(70)28-7-4-8-28/h21-31,34-36,39-40,67-68H,3-20H2,1-2H3,(H,57,69)(H,58,70)(H2,49,55,59,61)(H2,50,56,60,62)/t29?,30?,31-,34+,35+,36-,39-,40+/m1/s1. The second-order valence-electron chi connectivity index (χ2n) is 20.5. The Labute approximate surface area is 405 Å². The third-order valence-corrected chi connectivity index (χ3v) is 15.5. The van der Waals surface area contributed by atoms with Crippen LogP contribution in [0.3, 0.4) is 0 Å². The van der Waals surface area contributed by atoms with Gasteiger partial charge in [-0.25, -0.2) is 19.9 Å². The molecule has 6 aromatic heterocycles. The van der Waals surface area contributed by atoms with Gasteiger partial charge in [0.1, 0.15) is 12.2 Å². The average molecular weight is 959 g/mol. The number of aromatic nitrogens is 12. The van der Waals surface area contributed by atoms with Gasteiger partial charge in [-0.15, -0.1) is 0 Å². The summed E-state index contributed by atoms with van der Waals surface area (Å²) in [6.45, 7) is 1.16. The van der Waals surface area contributed by atoms with E-state index in [-0.39, 0.29) is 47.8 Å². The number of fused-ring (bicyclic) bond motifs is 2. The minimum absolute atomic E-state index is 0.0322. The van der Waals surface area contributed by atoms with Crippen molar-refractivity contribution in [2.45, 2.75) is 151 Å². The maximum absolute atomic E-state index is 12.9. The second-order valence-corrected chi connectivity index (χ2v) is 20.5. The van der Waals surface area contributed by atoms with Crippen LogP contribution in [-0.4, -0.2) is 130 Å². The number of aliphatic hydroxyl groups excluding tert-OH is 2. The monoisotopic (exact) mass is 959 g/mol. The molecular weight excluding hydrogens is 893 g/mol. The summed E-state index contributed by atoms with van der Waals surface area (Å²) >= 11 is 0. The highest BCUT2D eigenvalue weighted by molar-refractivity contribution is 5.86. The molecule has 22 heteroatoms. The van der Waals surface area contributed by atoms with Crippen molar-refractivity contribution in [2.24, 2.45) is 25.9 Å². The molecule has 5 aliphatic carbocycles. The number of nitrogens with zero attached hydrogens (tertiary/aromatic N) is 12. The first kappa shape index (κ1) is 46.0. The molecule has 5 saturated carbocycles. The lowest BCUT2D eigenvalue weighted by atomic mass is 9.84.